The van der Waals surface area contributed by atoms with Crippen LogP contribution in [0.4, 0.5) is 0 Å². The highest BCUT2D eigenvalue weighted by Crippen LogP contribution is 2.14. The van der Waals surface area contributed by atoms with Crippen LogP contribution in [0.15, 0.2) is 11.1 Å². The first-order valence-electron chi connectivity index (χ1n) is 4.05. The summed E-state index contributed by atoms with van der Waals surface area (Å²) >= 11 is 1.27. The highest BCUT2D eigenvalue weighted by atomic mass is 32.1. The Kier molecular flexibility index (Phi) is 1.88. The number of rotatable bonds is 1. The molecule has 0 aliphatic rings. The number of nitrogens with zero attached hydrogens (tertiary/aromatic N) is 3. The third-order valence-electron chi connectivity index (χ3n) is 1.97. The summed E-state index contributed by atoms with van der Waals surface area (Å²) in [5, 5.41) is 0.661. The van der Waals surface area contributed by atoms with Gasteiger partial charge in [-0.2, -0.15) is 4.37 Å². The Hall–Kier alpha value is -1.23. The highest BCUT2D eigenvalue weighted by Gasteiger charge is 2.08. The quantitative estimate of drug-likeness (QED) is 0.686. The van der Waals surface area contributed by atoms with Gasteiger partial charge in [-0.1, -0.05) is 0 Å². The third kappa shape index (κ3) is 1.16. The minimum atomic E-state index is 0.0127. The summed E-state index contributed by atoms with van der Waals surface area (Å²) in [4.78, 5) is 16.6. The molecule has 0 N–H and O–H groups in total. The van der Waals surface area contributed by atoms with Crippen molar-refractivity contribution in [2.75, 3.05) is 0 Å². The molecule has 0 spiro atoms. The maximum Gasteiger partial charge on any atom is 0.263 e. The van der Waals surface area contributed by atoms with Crippen LogP contribution in [-0.2, 0) is 6.54 Å². The van der Waals surface area contributed by atoms with Crippen molar-refractivity contribution in [3.8, 4) is 0 Å². The van der Waals surface area contributed by atoms with Gasteiger partial charge in [0.25, 0.3) is 5.56 Å². The number of hydrogen-bond acceptors (Lipinski definition) is 4. The van der Waals surface area contributed by atoms with Crippen molar-refractivity contribution in [3.05, 3.63) is 22.4 Å². The second-order valence-corrected chi connectivity index (χ2v) is 3.54. The molecule has 68 valence electrons. The predicted molar refractivity (Wildman–Crippen MR) is 52.1 cm³/mol. The molecule has 2 heterocycles. The Morgan fingerprint density at radius 3 is 3.08 bits per heavy atom. The fraction of sp³-hybridized carbons (Fsp3) is 0.375. The molecule has 0 amide bonds. The molecule has 4 nitrogen and oxygen atoms in total. The first-order valence-corrected chi connectivity index (χ1v) is 4.82. The average Bonchev–Trinajstić information content (AvgIpc) is 2.49. The molecular formula is C8H9N3OS. The zero-order valence-electron chi connectivity index (χ0n) is 7.44. The van der Waals surface area contributed by atoms with Gasteiger partial charge in [-0.05, 0) is 25.4 Å². The maximum atomic E-state index is 11.7. The van der Waals surface area contributed by atoms with E-state index in [1.54, 1.807) is 10.9 Å². The van der Waals surface area contributed by atoms with Crippen LogP contribution in [0.3, 0.4) is 0 Å². The topological polar surface area (TPSA) is 47.8 Å². The Labute approximate surface area is 79.0 Å². The van der Waals surface area contributed by atoms with Crippen LogP contribution in [0, 0.1) is 6.92 Å². The average molecular weight is 195 g/mol. The normalized spacial score (nSPS) is 10.9. The Morgan fingerprint density at radius 2 is 2.38 bits per heavy atom. The fourth-order valence-electron chi connectivity index (χ4n) is 1.24. The SMILES string of the molecule is CCn1cnc2snc(C)c2c1=O. The van der Waals surface area contributed by atoms with Gasteiger partial charge in [0, 0.05) is 6.54 Å². The molecule has 0 saturated carbocycles. The molecule has 0 bridgehead atoms. The summed E-state index contributed by atoms with van der Waals surface area (Å²) in [6.07, 6.45) is 1.57. The van der Waals surface area contributed by atoms with Crippen molar-refractivity contribution < 1.29 is 0 Å². The maximum absolute atomic E-state index is 11.7. The number of aryl methyl sites for hydroxylation is 2. The van der Waals surface area contributed by atoms with E-state index in [-0.39, 0.29) is 5.56 Å². The summed E-state index contributed by atoms with van der Waals surface area (Å²) in [7, 11) is 0. The van der Waals surface area contributed by atoms with Crippen molar-refractivity contribution in [1.82, 2.24) is 13.9 Å². The monoisotopic (exact) mass is 195 g/mol. The van der Waals surface area contributed by atoms with E-state index < -0.39 is 0 Å². The van der Waals surface area contributed by atoms with E-state index in [4.69, 9.17) is 0 Å². The van der Waals surface area contributed by atoms with E-state index in [1.807, 2.05) is 13.8 Å². The molecule has 5 heteroatoms. The molecule has 0 radical (unpaired) electrons. The second-order valence-electron chi connectivity index (χ2n) is 2.78. The van der Waals surface area contributed by atoms with Crippen molar-refractivity contribution in [2.24, 2.45) is 0 Å². The lowest BCUT2D eigenvalue weighted by Crippen LogP contribution is -2.19. The molecule has 2 aromatic rings. The smallest absolute Gasteiger partial charge is 0.263 e. The molecule has 13 heavy (non-hydrogen) atoms. The van der Waals surface area contributed by atoms with Crippen molar-refractivity contribution in [1.29, 1.82) is 0 Å². The Morgan fingerprint density at radius 1 is 1.62 bits per heavy atom. The van der Waals surface area contributed by atoms with Crippen molar-refractivity contribution >= 4 is 21.7 Å². The minimum absolute atomic E-state index is 0.0127. The molecule has 0 atom stereocenters. The zero-order chi connectivity index (χ0) is 9.42. The van der Waals surface area contributed by atoms with Crippen molar-refractivity contribution in [2.45, 2.75) is 20.4 Å². The van der Waals surface area contributed by atoms with E-state index in [1.165, 1.54) is 11.5 Å². The van der Waals surface area contributed by atoms with Gasteiger partial charge in [0.15, 0.2) is 4.83 Å². The first-order chi connectivity index (χ1) is 6.24. The molecule has 0 saturated heterocycles. The highest BCUT2D eigenvalue weighted by molar-refractivity contribution is 7.12. The molecule has 0 aliphatic carbocycles. The van der Waals surface area contributed by atoms with Crippen LogP contribution in [0.25, 0.3) is 10.2 Å². The standard InChI is InChI=1S/C8H9N3OS/c1-3-11-4-9-7-6(8(11)12)5(2)10-13-7/h4H,3H2,1-2H3. The molecular weight excluding hydrogens is 186 g/mol. The molecule has 2 aromatic heterocycles. The van der Waals surface area contributed by atoms with Gasteiger partial charge in [-0.3, -0.25) is 9.36 Å². The Balaban J connectivity index is 2.92. The van der Waals surface area contributed by atoms with Gasteiger partial charge in [-0.15, -0.1) is 0 Å². The minimum Gasteiger partial charge on any atom is -0.299 e. The zero-order valence-corrected chi connectivity index (χ0v) is 8.26. The van der Waals surface area contributed by atoms with Crippen LogP contribution in [0.1, 0.15) is 12.6 Å². The van der Waals surface area contributed by atoms with E-state index in [2.05, 4.69) is 9.36 Å². The number of hydrogen-bond donors (Lipinski definition) is 0. The summed E-state index contributed by atoms with van der Waals surface area (Å²) in [6.45, 7) is 4.41. The lowest BCUT2D eigenvalue weighted by Gasteiger charge is -1.98. The van der Waals surface area contributed by atoms with Crippen LogP contribution in [-0.4, -0.2) is 13.9 Å². The van der Waals surface area contributed by atoms with Crippen molar-refractivity contribution in [3.63, 3.8) is 0 Å². The first kappa shape index (κ1) is 8.37. The fourth-order valence-corrected chi connectivity index (χ4v) is 1.97. The lowest BCUT2D eigenvalue weighted by molar-refractivity contribution is 0.718. The van der Waals surface area contributed by atoms with E-state index in [0.29, 0.717) is 11.9 Å². The predicted octanol–water partition coefficient (Wildman–Crippen LogP) is 1.18. The van der Waals surface area contributed by atoms with Gasteiger partial charge >= 0.3 is 0 Å². The summed E-state index contributed by atoms with van der Waals surface area (Å²) in [5.41, 5.74) is 0.791. The summed E-state index contributed by atoms with van der Waals surface area (Å²) in [5.74, 6) is 0. The van der Waals surface area contributed by atoms with Gasteiger partial charge in [-0.25, -0.2) is 4.98 Å². The van der Waals surface area contributed by atoms with Crippen LogP contribution >= 0.6 is 11.5 Å². The largest absolute Gasteiger partial charge is 0.299 e. The number of fused-ring (bicyclic) bond motifs is 1. The molecule has 0 unspecified atom stereocenters. The van der Waals surface area contributed by atoms with Gasteiger partial charge in [0.1, 0.15) is 0 Å². The molecule has 2 rings (SSSR count). The molecule has 0 aromatic carbocycles. The van der Waals surface area contributed by atoms with E-state index in [9.17, 15) is 4.79 Å². The molecule has 0 aliphatic heterocycles. The lowest BCUT2D eigenvalue weighted by atomic mass is 10.3. The van der Waals surface area contributed by atoms with Gasteiger partial charge < -0.3 is 0 Å². The number of aromatic nitrogens is 3. The molecule has 0 fully saturated rings. The van der Waals surface area contributed by atoms with Crippen LogP contribution < -0.4 is 5.56 Å². The third-order valence-corrected chi connectivity index (χ3v) is 2.82. The van der Waals surface area contributed by atoms with Gasteiger partial charge in [0.2, 0.25) is 0 Å². The Bertz CT molecular complexity index is 500. The van der Waals surface area contributed by atoms with E-state index in [0.717, 1.165) is 10.5 Å². The van der Waals surface area contributed by atoms with E-state index >= 15 is 0 Å². The van der Waals surface area contributed by atoms with Crippen LogP contribution in [0.5, 0.6) is 0 Å². The van der Waals surface area contributed by atoms with Crippen LogP contribution in [0.2, 0.25) is 0 Å². The second kappa shape index (κ2) is 2.92. The summed E-state index contributed by atoms with van der Waals surface area (Å²) in [6, 6.07) is 0. The summed E-state index contributed by atoms with van der Waals surface area (Å²) < 4.78 is 5.68. The van der Waals surface area contributed by atoms with Gasteiger partial charge in [0.05, 0.1) is 17.4 Å².